The van der Waals surface area contributed by atoms with Crippen molar-refractivity contribution in [3.63, 3.8) is 0 Å². The van der Waals surface area contributed by atoms with Crippen molar-refractivity contribution in [2.45, 2.75) is 19.4 Å². The minimum Gasteiger partial charge on any atom is -0.490 e. The Morgan fingerprint density at radius 2 is 1.94 bits per heavy atom. The summed E-state index contributed by atoms with van der Waals surface area (Å²) >= 11 is 0. The number of nitrogen functional groups attached to an aromatic ring is 1. The van der Waals surface area contributed by atoms with E-state index < -0.39 is 0 Å². The van der Waals surface area contributed by atoms with E-state index in [-0.39, 0.29) is 6.04 Å². The second-order valence-corrected chi connectivity index (χ2v) is 8.25. The van der Waals surface area contributed by atoms with Gasteiger partial charge in [0.05, 0.1) is 11.2 Å². The Balaban J connectivity index is 1.44. The Morgan fingerprint density at radius 3 is 2.77 bits per heavy atom. The van der Waals surface area contributed by atoms with Crippen LogP contribution in [0, 0.1) is 0 Å². The summed E-state index contributed by atoms with van der Waals surface area (Å²) in [6.45, 7) is 8.08. The number of nitrogens with zero attached hydrogens (tertiary/aromatic N) is 4. The number of nitrogens with two attached hydrogens (primary N) is 1. The van der Waals surface area contributed by atoms with Crippen LogP contribution in [-0.2, 0) is 0 Å². The van der Waals surface area contributed by atoms with E-state index in [1.54, 1.807) is 6.33 Å². The molecule has 2 heterocycles. The third kappa shape index (κ3) is 5.42. The van der Waals surface area contributed by atoms with Gasteiger partial charge in [-0.2, -0.15) is 0 Å². The SMILES string of the molecule is C[C@@H](Nc1ncnc2cc(OCCN3CCCN(C)CC3)c(N)cc12)c1ccccc1. The van der Waals surface area contributed by atoms with Gasteiger partial charge < -0.3 is 20.7 Å². The zero-order valence-electron chi connectivity index (χ0n) is 18.4. The number of aromatic nitrogens is 2. The van der Waals surface area contributed by atoms with Crippen molar-refractivity contribution in [1.82, 2.24) is 19.8 Å². The first-order chi connectivity index (χ1) is 15.1. The maximum atomic E-state index is 6.33. The van der Waals surface area contributed by atoms with Crippen molar-refractivity contribution in [3.8, 4) is 5.75 Å². The number of likely N-dealkylation sites (N-methyl/N-ethyl adjacent to an activating group) is 1. The lowest BCUT2D eigenvalue weighted by molar-refractivity contribution is 0.213. The van der Waals surface area contributed by atoms with E-state index in [1.165, 1.54) is 12.0 Å². The molecule has 0 saturated carbocycles. The first-order valence-corrected chi connectivity index (χ1v) is 11.0. The second kappa shape index (κ2) is 9.94. The predicted molar refractivity (Wildman–Crippen MR) is 126 cm³/mol. The van der Waals surface area contributed by atoms with Gasteiger partial charge in [0.25, 0.3) is 0 Å². The number of nitrogens with one attached hydrogen (secondary N) is 1. The lowest BCUT2D eigenvalue weighted by Crippen LogP contribution is -2.32. The quantitative estimate of drug-likeness (QED) is 0.567. The molecule has 1 saturated heterocycles. The highest BCUT2D eigenvalue weighted by molar-refractivity contribution is 5.93. The van der Waals surface area contributed by atoms with Crippen LogP contribution in [0.5, 0.6) is 5.75 Å². The molecule has 3 N–H and O–H groups in total. The number of benzene rings is 2. The van der Waals surface area contributed by atoms with Gasteiger partial charge in [0.15, 0.2) is 0 Å². The average molecular weight is 421 g/mol. The van der Waals surface area contributed by atoms with Crippen LogP contribution >= 0.6 is 0 Å². The number of fused-ring (bicyclic) bond motifs is 1. The molecule has 0 amide bonds. The van der Waals surface area contributed by atoms with Crippen LogP contribution in [0.2, 0.25) is 0 Å². The van der Waals surface area contributed by atoms with Gasteiger partial charge in [0.1, 0.15) is 24.5 Å². The van der Waals surface area contributed by atoms with Crippen molar-refractivity contribution in [1.29, 1.82) is 0 Å². The van der Waals surface area contributed by atoms with Crippen LogP contribution in [0.25, 0.3) is 10.9 Å². The van der Waals surface area contributed by atoms with Gasteiger partial charge in [-0.1, -0.05) is 30.3 Å². The molecule has 4 rings (SSSR count). The van der Waals surface area contributed by atoms with Crippen LogP contribution in [0.4, 0.5) is 11.5 Å². The van der Waals surface area contributed by atoms with Gasteiger partial charge in [-0.25, -0.2) is 9.97 Å². The molecular weight excluding hydrogens is 388 g/mol. The predicted octanol–water partition coefficient (Wildman–Crippen LogP) is 3.40. The van der Waals surface area contributed by atoms with Crippen molar-refractivity contribution >= 4 is 22.4 Å². The Labute approximate surface area is 184 Å². The summed E-state index contributed by atoms with van der Waals surface area (Å²) in [6, 6.07) is 14.2. The minimum absolute atomic E-state index is 0.115. The minimum atomic E-state index is 0.115. The Bertz CT molecular complexity index is 996. The van der Waals surface area contributed by atoms with Crippen LogP contribution in [-0.4, -0.2) is 66.1 Å². The van der Waals surface area contributed by atoms with Crippen molar-refractivity contribution in [2.24, 2.45) is 0 Å². The number of rotatable bonds is 7. The fourth-order valence-corrected chi connectivity index (χ4v) is 3.98. The highest BCUT2D eigenvalue weighted by Crippen LogP contribution is 2.31. The first-order valence-electron chi connectivity index (χ1n) is 11.0. The summed E-state index contributed by atoms with van der Waals surface area (Å²) < 4.78 is 6.04. The van der Waals surface area contributed by atoms with Gasteiger partial charge >= 0.3 is 0 Å². The van der Waals surface area contributed by atoms with Crippen molar-refractivity contribution in [3.05, 3.63) is 54.4 Å². The number of hydrogen-bond acceptors (Lipinski definition) is 7. The molecule has 31 heavy (non-hydrogen) atoms. The molecule has 0 unspecified atom stereocenters. The second-order valence-electron chi connectivity index (χ2n) is 8.25. The largest absolute Gasteiger partial charge is 0.490 e. The average Bonchev–Trinajstić information content (AvgIpc) is 2.99. The molecule has 1 aliphatic rings. The molecule has 2 aromatic carbocycles. The third-order valence-electron chi connectivity index (χ3n) is 5.90. The molecule has 7 heteroatoms. The van der Waals surface area contributed by atoms with Gasteiger partial charge in [-0.05, 0) is 45.1 Å². The summed E-state index contributed by atoms with van der Waals surface area (Å²) in [7, 11) is 2.18. The third-order valence-corrected chi connectivity index (χ3v) is 5.90. The molecule has 3 aromatic rings. The highest BCUT2D eigenvalue weighted by Gasteiger charge is 2.14. The lowest BCUT2D eigenvalue weighted by atomic mass is 10.1. The van der Waals surface area contributed by atoms with E-state index in [9.17, 15) is 0 Å². The van der Waals surface area contributed by atoms with E-state index in [0.29, 0.717) is 18.0 Å². The zero-order chi connectivity index (χ0) is 21.6. The molecule has 0 spiro atoms. The molecule has 1 atom stereocenters. The molecule has 1 fully saturated rings. The van der Waals surface area contributed by atoms with E-state index in [4.69, 9.17) is 10.5 Å². The van der Waals surface area contributed by atoms with Crippen molar-refractivity contribution in [2.75, 3.05) is 57.4 Å². The Kier molecular flexibility index (Phi) is 6.84. The first kappa shape index (κ1) is 21.3. The van der Waals surface area contributed by atoms with E-state index >= 15 is 0 Å². The molecule has 0 bridgehead atoms. The molecule has 7 nitrogen and oxygen atoms in total. The zero-order valence-corrected chi connectivity index (χ0v) is 18.4. The van der Waals surface area contributed by atoms with Gasteiger partial charge in [-0.15, -0.1) is 0 Å². The maximum Gasteiger partial charge on any atom is 0.144 e. The van der Waals surface area contributed by atoms with Crippen molar-refractivity contribution < 1.29 is 4.74 Å². The summed E-state index contributed by atoms with van der Waals surface area (Å²) in [5.74, 6) is 1.45. The number of anilines is 2. The van der Waals surface area contributed by atoms with Crippen LogP contribution in [0.3, 0.4) is 0 Å². The molecule has 1 aromatic heterocycles. The highest BCUT2D eigenvalue weighted by atomic mass is 16.5. The monoisotopic (exact) mass is 420 g/mol. The summed E-state index contributed by atoms with van der Waals surface area (Å²) in [4.78, 5) is 13.7. The Hall–Kier alpha value is -2.90. The Morgan fingerprint density at radius 1 is 1.10 bits per heavy atom. The molecule has 1 aliphatic heterocycles. The topological polar surface area (TPSA) is 79.5 Å². The summed E-state index contributed by atoms with van der Waals surface area (Å²) in [6.07, 6.45) is 2.78. The fourth-order valence-electron chi connectivity index (χ4n) is 3.98. The smallest absolute Gasteiger partial charge is 0.144 e. The van der Waals surface area contributed by atoms with E-state index in [2.05, 4.69) is 51.2 Å². The number of ether oxygens (including phenoxy) is 1. The molecular formula is C24H32N6O. The van der Waals surface area contributed by atoms with Crippen LogP contribution in [0.15, 0.2) is 48.8 Å². The maximum absolute atomic E-state index is 6.33. The lowest BCUT2D eigenvalue weighted by Gasteiger charge is -2.20. The molecule has 0 aliphatic carbocycles. The van der Waals surface area contributed by atoms with Gasteiger partial charge in [-0.3, -0.25) is 4.90 Å². The summed E-state index contributed by atoms with van der Waals surface area (Å²) in [5, 5.41) is 4.38. The van der Waals surface area contributed by atoms with Crippen LogP contribution in [0.1, 0.15) is 24.9 Å². The standard InChI is InChI=1S/C24H32N6O/c1-18(19-7-4-3-5-8-19)28-24-20-15-21(25)23(16-22(20)26-17-27-24)31-14-13-30-10-6-9-29(2)11-12-30/h3-5,7-8,15-18H,6,9-14,25H2,1-2H3,(H,26,27,28)/t18-/m1/s1. The molecule has 164 valence electrons. The van der Waals surface area contributed by atoms with E-state index in [1.807, 2.05) is 30.3 Å². The normalized spacial score (nSPS) is 16.7. The van der Waals surface area contributed by atoms with Crippen LogP contribution < -0.4 is 15.8 Å². The number of hydrogen-bond donors (Lipinski definition) is 2. The van der Waals surface area contributed by atoms with E-state index in [0.717, 1.165) is 49.4 Å². The molecule has 0 radical (unpaired) electrons. The van der Waals surface area contributed by atoms with Gasteiger partial charge in [0, 0.05) is 37.1 Å². The fraction of sp³-hybridized carbons (Fsp3) is 0.417. The summed E-state index contributed by atoms with van der Waals surface area (Å²) in [5.41, 5.74) is 8.95. The van der Waals surface area contributed by atoms with Gasteiger partial charge in [0.2, 0.25) is 0 Å².